The third-order valence-corrected chi connectivity index (χ3v) is 1.02. The molecular weight excluding hydrogens is 189 g/mol. The lowest BCUT2D eigenvalue weighted by Gasteiger charge is -2.07. The van der Waals surface area contributed by atoms with E-state index in [9.17, 15) is 18.0 Å². The number of aromatic nitrogens is 2. The maximum absolute atomic E-state index is 11.7. The number of aldehydes is 1. The zero-order valence-electron chi connectivity index (χ0n) is 6.08. The standard InChI is InChI=1S/C6H3F3N2O2/c7-6(8,9)13-5-4(3-12)10-1-2-11-5/h1-3H. The van der Waals surface area contributed by atoms with Crippen LogP contribution >= 0.6 is 0 Å². The molecule has 0 radical (unpaired) electrons. The molecule has 0 aliphatic heterocycles. The summed E-state index contributed by atoms with van der Waals surface area (Å²) in [7, 11) is 0. The lowest BCUT2D eigenvalue weighted by molar-refractivity contribution is -0.276. The summed E-state index contributed by atoms with van der Waals surface area (Å²) in [6, 6.07) is 0. The number of carbonyl (C=O) groups excluding carboxylic acids is 1. The number of hydrogen-bond acceptors (Lipinski definition) is 4. The first-order chi connectivity index (χ1) is 6.03. The minimum absolute atomic E-state index is 0.133. The van der Waals surface area contributed by atoms with E-state index in [1.807, 2.05) is 0 Å². The van der Waals surface area contributed by atoms with E-state index in [4.69, 9.17) is 0 Å². The average molecular weight is 192 g/mol. The van der Waals surface area contributed by atoms with Crippen LogP contribution in [0.5, 0.6) is 5.88 Å². The van der Waals surface area contributed by atoms with Gasteiger partial charge >= 0.3 is 6.36 Å². The van der Waals surface area contributed by atoms with Gasteiger partial charge in [-0.25, -0.2) is 9.97 Å². The largest absolute Gasteiger partial charge is 0.574 e. The summed E-state index contributed by atoms with van der Waals surface area (Å²) in [6.45, 7) is 0. The Morgan fingerprint density at radius 1 is 1.31 bits per heavy atom. The molecule has 0 aromatic carbocycles. The third kappa shape index (κ3) is 2.69. The van der Waals surface area contributed by atoms with Gasteiger partial charge in [-0.2, -0.15) is 0 Å². The molecule has 0 bridgehead atoms. The Labute approximate surface area is 70.4 Å². The van der Waals surface area contributed by atoms with E-state index in [1.165, 1.54) is 0 Å². The fraction of sp³-hybridized carbons (Fsp3) is 0.167. The molecule has 0 saturated carbocycles. The van der Waals surface area contributed by atoms with Crippen LogP contribution in [-0.4, -0.2) is 22.6 Å². The molecule has 0 spiro atoms. The Morgan fingerprint density at radius 3 is 2.46 bits per heavy atom. The van der Waals surface area contributed by atoms with Crippen LogP contribution in [0.25, 0.3) is 0 Å². The van der Waals surface area contributed by atoms with Crippen molar-refractivity contribution in [1.82, 2.24) is 9.97 Å². The van der Waals surface area contributed by atoms with E-state index < -0.39 is 17.9 Å². The summed E-state index contributed by atoms with van der Waals surface area (Å²) in [5.74, 6) is -0.843. The second-order valence-corrected chi connectivity index (χ2v) is 1.91. The van der Waals surface area contributed by atoms with Gasteiger partial charge in [-0.05, 0) is 0 Å². The molecule has 0 atom stereocenters. The van der Waals surface area contributed by atoms with Gasteiger partial charge in [0.25, 0.3) is 5.88 Å². The maximum Gasteiger partial charge on any atom is 0.574 e. The zero-order valence-corrected chi connectivity index (χ0v) is 6.08. The Bertz CT molecular complexity index is 313. The summed E-state index contributed by atoms with van der Waals surface area (Å²) in [5, 5.41) is 0. The van der Waals surface area contributed by atoms with Gasteiger partial charge in [0.15, 0.2) is 12.0 Å². The van der Waals surface area contributed by atoms with Gasteiger partial charge in [0.05, 0.1) is 0 Å². The first-order valence-corrected chi connectivity index (χ1v) is 3.05. The highest BCUT2D eigenvalue weighted by atomic mass is 19.4. The maximum atomic E-state index is 11.7. The number of ether oxygens (including phenoxy) is 1. The molecule has 7 heteroatoms. The third-order valence-electron chi connectivity index (χ3n) is 1.02. The normalized spacial score (nSPS) is 11.0. The van der Waals surface area contributed by atoms with Crippen molar-refractivity contribution >= 4 is 6.29 Å². The number of halogens is 3. The highest BCUT2D eigenvalue weighted by molar-refractivity contribution is 5.74. The van der Waals surface area contributed by atoms with Crippen molar-refractivity contribution in [1.29, 1.82) is 0 Å². The Hall–Kier alpha value is -1.66. The first kappa shape index (κ1) is 9.43. The van der Waals surface area contributed by atoms with Crippen LogP contribution in [-0.2, 0) is 0 Å². The van der Waals surface area contributed by atoms with Crippen LogP contribution in [0.15, 0.2) is 12.4 Å². The van der Waals surface area contributed by atoms with Gasteiger partial charge in [-0.15, -0.1) is 13.2 Å². The lowest BCUT2D eigenvalue weighted by Crippen LogP contribution is -2.19. The summed E-state index contributed by atoms with van der Waals surface area (Å²) in [5.41, 5.74) is -0.486. The highest BCUT2D eigenvalue weighted by Gasteiger charge is 2.33. The minimum Gasteiger partial charge on any atom is -0.385 e. The predicted octanol–water partition coefficient (Wildman–Crippen LogP) is 1.19. The Kier molecular flexibility index (Phi) is 2.45. The van der Waals surface area contributed by atoms with Crippen molar-refractivity contribution in [2.75, 3.05) is 0 Å². The van der Waals surface area contributed by atoms with Crippen molar-refractivity contribution < 1.29 is 22.7 Å². The van der Waals surface area contributed by atoms with Crippen LogP contribution in [0.1, 0.15) is 10.5 Å². The van der Waals surface area contributed by atoms with E-state index in [0.717, 1.165) is 12.4 Å². The van der Waals surface area contributed by atoms with Gasteiger partial charge < -0.3 is 4.74 Å². The first-order valence-electron chi connectivity index (χ1n) is 3.05. The quantitative estimate of drug-likeness (QED) is 0.660. The lowest BCUT2D eigenvalue weighted by atomic mass is 10.5. The van der Waals surface area contributed by atoms with Gasteiger partial charge in [-0.3, -0.25) is 4.79 Å². The summed E-state index contributed by atoms with van der Waals surface area (Å²) in [4.78, 5) is 16.7. The molecule has 1 aromatic heterocycles. The number of rotatable bonds is 2. The molecule has 0 N–H and O–H groups in total. The highest BCUT2D eigenvalue weighted by Crippen LogP contribution is 2.21. The zero-order chi connectivity index (χ0) is 9.90. The molecule has 1 heterocycles. The predicted molar refractivity (Wildman–Crippen MR) is 34.1 cm³/mol. The molecule has 0 fully saturated rings. The smallest absolute Gasteiger partial charge is 0.385 e. The van der Waals surface area contributed by atoms with Gasteiger partial charge in [0, 0.05) is 12.4 Å². The molecule has 1 aromatic rings. The van der Waals surface area contributed by atoms with Crippen LogP contribution < -0.4 is 4.74 Å². The van der Waals surface area contributed by atoms with Crippen LogP contribution in [0, 0.1) is 0 Å². The molecule has 0 saturated heterocycles. The number of hydrogen-bond donors (Lipinski definition) is 0. The van der Waals surface area contributed by atoms with Crippen molar-refractivity contribution in [3.8, 4) is 5.88 Å². The van der Waals surface area contributed by atoms with Gasteiger partial charge in [-0.1, -0.05) is 0 Å². The molecule has 0 aliphatic carbocycles. The van der Waals surface area contributed by atoms with E-state index in [2.05, 4.69) is 14.7 Å². The van der Waals surface area contributed by atoms with Gasteiger partial charge in [0.2, 0.25) is 0 Å². The summed E-state index contributed by atoms with van der Waals surface area (Å²) >= 11 is 0. The molecule has 0 unspecified atom stereocenters. The second kappa shape index (κ2) is 3.38. The second-order valence-electron chi connectivity index (χ2n) is 1.91. The summed E-state index contributed by atoms with van der Waals surface area (Å²) < 4.78 is 38.4. The van der Waals surface area contributed by atoms with Gasteiger partial charge in [0.1, 0.15) is 0 Å². The van der Waals surface area contributed by atoms with E-state index in [1.54, 1.807) is 0 Å². The number of alkyl halides is 3. The Balaban J connectivity index is 2.94. The minimum atomic E-state index is -4.87. The molecule has 70 valence electrons. The van der Waals surface area contributed by atoms with Crippen LogP contribution in [0.2, 0.25) is 0 Å². The fourth-order valence-corrected chi connectivity index (χ4v) is 0.605. The van der Waals surface area contributed by atoms with Crippen LogP contribution in [0.3, 0.4) is 0 Å². The molecule has 4 nitrogen and oxygen atoms in total. The topological polar surface area (TPSA) is 52.1 Å². The molecular formula is C6H3F3N2O2. The SMILES string of the molecule is O=Cc1nccnc1OC(F)(F)F. The van der Waals surface area contributed by atoms with E-state index in [-0.39, 0.29) is 6.29 Å². The average Bonchev–Trinajstić information content (AvgIpc) is 2.02. The monoisotopic (exact) mass is 192 g/mol. The van der Waals surface area contributed by atoms with Crippen molar-refractivity contribution in [3.63, 3.8) is 0 Å². The van der Waals surface area contributed by atoms with E-state index >= 15 is 0 Å². The van der Waals surface area contributed by atoms with Crippen molar-refractivity contribution in [2.24, 2.45) is 0 Å². The Morgan fingerprint density at radius 2 is 1.92 bits per heavy atom. The number of carbonyl (C=O) groups is 1. The molecule has 0 aliphatic rings. The number of nitrogens with zero attached hydrogens (tertiary/aromatic N) is 2. The van der Waals surface area contributed by atoms with Crippen molar-refractivity contribution in [3.05, 3.63) is 18.1 Å². The fourth-order valence-electron chi connectivity index (χ4n) is 0.605. The summed E-state index contributed by atoms with van der Waals surface area (Å²) in [6.07, 6.45) is -2.65. The molecule has 0 amide bonds. The molecule has 1 rings (SSSR count). The van der Waals surface area contributed by atoms with Crippen LogP contribution in [0.4, 0.5) is 13.2 Å². The molecule has 13 heavy (non-hydrogen) atoms. The van der Waals surface area contributed by atoms with E-state index in [0.29, 0.717) is 0 Å². The van der Waals surface area contributed by atoms with Crippen molar-refractivity contribution in [2.45, 2.75) is 6.36 Å².